The molecule has 1 aromatic heterocycles. The second-order valence-corrected chi connectivity index (χ2v) is 7.07. The molecule has 1 aliphatic carbocycles. The number of amides is 2. The number of carbonyl (C=O) groups excluding carboxylic acids is 3. The van der Waals surface area contributed by atoms with Crippen molar-refractivity contribution in [3.63, 3.8) is 0 Å². The molecule has 2 amide bonds. The number of aromatic nitrogens is 1. The van der Waals surface area contributed by atoms with Crippen molar-refractivity contribution in [3.8, 4) is 0 Å². The second-order valence-electron chi connectivity index (χ2n) is 7.07. The fourth-order valence-corrected chi connectivity index (χ4v) is 3.70. The Bertz CT molecular complexity index is 926. The van der Waals surface area contributed by atoms with Gasteiger partial charge in [-0.05, 0) is 51.2 Å². The van der Waals surface area contributed by atoms with Crippen molar-refractivity contribution in [2.75, 3.05) is 26.2 Å². The number of hydrogen-bond donors (Lipinski definition) is 1. The van der Waals surface area contributed by atoms with Gasteiger partial charge in [0.2, 0.25) is 5.91 Å². The van der Waals surface area contributed by atoms with Crippen LogP contribution in [0.3, 0.4) is 0 Å². The Morgan fingerprint density at radius 2 is 1.90 bits per heavy atom. The number of hydrogen-bond acceptors (Lipinski definition) is 5. The molecule has 2 aromatic rings. The Hall–Kier alpha value is -2.96. The Balaban J connectivity index is 1.78. The molecular weight excluding hydrogens is 370 g/mol. The van der Waals surface area contributed by atoms with Gasteiger partial charge in [0.15, 0.2) is 6.61 Å². The predicted molar refractivity (Wildman–Crippen MR) is 110 cm³/mol. The minimum atomic E-state index is -0.510. The molecule has 0 saturated heterocycles. The van der Waals surface area contributed by atoms with Gasteiger partial charge in [-0.25, -0.2) is 4.79 Å². The normalized spacial score (nSPS) is 12.9. The Kier molecular flexibility index (Phi) is 6.80. The number of esters is 1. The molecule has 1 N–H and O–H groups in total. The van der Waals surface area contributed by atoms with Crippen molar-refractivity contribution >= 4 is 28.7 Å². The molecule has 1 aromatic carbocycles. The number of carbonyl (C=O) groups is 3. The number of para-hydroxylation sites is 1. The molecular formula is C22H27N3O4. The monoisotopic (exact) mass is 397 g/mol. The maximum absolute atomic E-state index is 13.0. The lowest BCUT2D eigenvalue weighted by atomic mass is 9.90. The average Bonchev–Trinajstić information content (AvgIpc) is 2.74. The van der Waals surface area contributed by atoms with E-state index in [-0.39, 0.29) is 18.4 Å². The minimum absolute atomic E-state index is 0.0473. The summed E-state index contributed by atoms with van der Waals surface area (Å²) in [5.41, 5.74) is 3.16. The quantitative estimate of drug-likeness (QED) is 0.724. The summed E-state index contributed by atoms with van der Waals surface area (Å²) < 4.78 is 5.40. The molecule has 0 atom stereocenters. The van der Waals surface area contributed by atoms with E-state index in [4.69, 9.17) is 9.72 Å². The van der Waals surface area contributed by atoms with Gasteiger partial charge in [0, 0.05) is 24.2 Å². The lowest BCUT2D eigenvalue weighted by Crippen LogP contribution is -2.42. The van der Waals surface area contributed by atoms with E-state index in [1.54, 1.807) is 6.92 Å². The van der Waals surface area contributed by atoms with Crippen molar-refractivity contribution in [3.05, 3.63) is 41.1 Å². The highest BCUT2D eigenvalue weighted by Crippen LogP contribution is 2.29. The molecule has 1 heterocycles. The summed E-state index contributed by atoms with van der Waals surface area (Å²) >= 11 is 0. The zero-order chi connectivity index (χ0) is 20.8. The number of pyridine rings is 1. The molecule has 0 radical (unpaired) electrons. The number of aryl methyl sites for hydroxylation is 1. The van der Waals surface area contributed by atoms with Crippen LogP contribution in [-0.4, -0.2) is 53.9 Å². The lowest BCUT2D eigenvalue weighted by molar-refractivity contribution is -0.138. The van der Waals surface area contributed by atoms with Gasteiger partial charge in [-0.2, -0.15) is 0 Å². The first kappa shape index (κ1) is 20.8. The highest BCUT2D eigenvalue weighted by molar-refractivity contribution is 6.05. The van der Waals surface area contributed by atoms with Crippen LogP contribution in [0.1, 0.15) is 48.3 Å². The van der Waals surface area contributed by atoms with E-state index >= 15 is 0 Å². The Morgan fingerprint density at radius 3 is 2.66 bits per heavy atom. The first-order valence-electron chi connectivity index (χ1n) is 10.2. The number of fused-ring (bicyclic) bond motifs is 2. The third-order valence-corrected chi connectivity index (χ3v) is 5.14. The van der Waals surface area contributed by atoms with E-state index in [1.807, 2.05) is 31.2 Å². The van der Waals surface area contributed by atoms with Crippen LogP contribution >= 0.6 is 0 Å². The molecule has 7 heteroatoms. The number of nitrogens with zero attached hydrogens (tertiary/aromatic N) is 2. The summed E-state index contributed by atoms with van der Waals surface area (Å²) in [5, 5.41) is 3.41. The van der Waals surface area contributed by atoms with Gasteiger partial charge >= 0.3 is 5.97 Å². The Morgan fingerprint density at radius 1 is 1.14 bits per heavy atom. The molecule has 1 aliphatic rings. The van der Waals surface area contributed by atoms with Crippen molar-refractivity contribution < 1.29 is 19.1 Å². The summed E-state index contributed by atoms with van der Waals surface area (Å²) in [6.07, 6.45) is 3.68. The molecule has 3 rings (SSSR count). The summed E-state index contributed by atoms with van der Waals surface area (Å²) in [6.45, 7) is 4.02. The zero-order valence-electron chi connectivity index (χ0n) is 17.0. The van der Waals surface area contributed by atoms with E-state index in [0.29, 0.717) is 18.7 Å². The van der Waals surface area contributed by atoms with Crippen molar-refractivity contribution in [1.82, 2.24) is 15.2 Å². The van der Waals surface area contributed by atoms with E-state index in [0.717, 1.165) is 47.8 Å². The number of likely N-dealkylation sites (N-methyl/N-ethyl adjacent to an activating group) is 2. The SMILES string of the molecule is CCNC(=O)CN(CC)C(=O)COC(=O)c1c2c(nc3ccccc13)CCCC2. The summed E-state index contributed by atoms with van der Waals surface area (Å²) in [6, 6.07) is 7.51. The largest absolute Gasteiger partial charge is 0.452 e. The zero-order valence-corrected chi connectivity index (χ0v) is 17.0. The van der Waals surface area contributed by atoms with E-state index < -0.39 is 12.6 Å². The molecule has 29 heavy (non-hydrogen) atoms. The summed E-state index contributed by atoms with van der Waals surface area (Å²) in [7, 11) is 0. The van der Waals surface area contributed by atoms with Gasteiger partial charge in [0.1, 0.15) is 0 Å². The highest BCUT2D eigenvalue weighted by Gasteiger charge is 2.25. The molecule has 0 spiro atoms. The minimum Gasteiger partial charge on any atom is -0.452 e. The van der Waals surface area contributed by atoms with Crippen LogP contribution in [0.15, 0.2) is 24.3 Å². The van der Waals surface area contributed by atoms with Gasteiger partial charge in [-0.15, -0.1) is 0 Å². The second kappa shape index (κ2) is 9.49. The Labute approximate surface area is 170 Å². The van der Waals surface area contributed by atoms with Gasteiger partial charge in [-0.1, -0.05) is 18.2 Å². The summed E-state index contributed by atoms with van der Waals surface area (Å²) in [4.78, 5) is 43.3. The van der Waals surface area contributed by atoms with E-state index in [1.165, 1.54) is 4.90 Å². The third kappa shape index (κ3) is 4.72. The van der Waals surface area contributed by atoms with Crippen LogP contribution < -0.4 is 5.32 Å². The van der Waals surface area contributed by atoms with Crippen LogP contribution in [0, 0.1) is 0 Å². The molecule has 0 saturated carbocycles. The standard InChI is InChI=1S/C22H27N3O4/c1-3-23-19(26)13-25(4-2)20(27)14-29-22(28)21-15-9-5-7-11-17(15)24-18-12-8-6-10-16(18)21/h5,7,9,11H,3-4,6,8,10,12-14H2,1-2H3,(H,23,26). The topological polar surface area (TPSA) is 88.6 Å². The number of nitrogens with one attached hydrogen (secondary N) is 1. The molecule has 154 valence electrons. The van der Waals surface area contributed by atoms with Crippen LogP contribution in [0.5, 0.6) is 0 Å². The van der Waals surface area contributed by atoms with Gasteiger partial charge < -0.3 is 15.0 Å². The van der Waals surface area contributed by atoms with E-state index in [9.17, 15) is 14.4 Å². The number of rotatable bonds is 7. The number of ether oxygens (including phenoxy) is 1. The number of benzene rings is 1. The maximum atomic E-state index is 13.0. The van der Waals surface area contributed by atoms with Crippen molar-refractivity contribution in [1.29, 1.82) is 0 Å². The van der Waals surface area contributed by atoms with Gasteiger partial charge in [0.25, 0.3) is 5.91 Å². The summed E-state index contributed by atoms with van der Waals surface area (Å²) in [5.74, 6) is -1.13. The molecule has 0 bridgehead atoms. The smallest absolute Gasteiger partial charge is 0.339 e. The van der Waals surface area contributed by atoms with Gasteiger partial charge in [-0.3, -0.25) is 14.6 Å². The fraction of sp³-hybridized carbons (Fsp3) is 0.455. The van der Waals surface area contributed by atoms with Crippen molar-refractivity contribution in [2.45, 2.75) is 39.5 Å². The average molecular weight is 397 g/mol. The van der Waals surface area contributed by atoms with Crippen LogP contribution in [0.2, 0.25) is 0 Å². The molecule has 0 aliphatic heterocycles. The van der Waals surface area contributed by atoms with Crippen LogP contribution in [0.25, 0.3) is 10.9 Å². The van der Waals surface area contributed by atoms with Crippen LogP contribution in [-0.2, 0) is 27.2 Å². The van der Waals surface area contributed by atoms with E-state index in [2.05, 4.69) is 5.32 Å². The molecule has 0 fully saturated rings. The first-order chi connectivity index (χ1) is 14.0. The maximum Gasteiger partial charge on any atom is 0.339 e. The van der Waals surface area contributed by atoms with Crippen LogP contribution in [0.4, 0.5) is 0 Å². The third-order valence-electron chi connectivity index (χ3n) is 5.14. The lowest BCUT2D eigenvalue weighted by Gasteiger charge is -2.22. The first-order valence-corrected chi connectivity index (χ1v) is 10.2. The van der Waals surface area contributed by atoms with Gasteiger partial charge in [0.05, 0.1) is 17.6 Å². The van der Waals surface area contributed by atoms with Crippen molar-refractivity contribution in [2.24, 2.45) is 0 Å². The fourth-order valence-electron chi connectivity index (χ4n) is 3.70. The molecule has 7 nitrogen and oxygen atoms in total. The molecule has 0 unspecified atom stereocenters. The predicted octanol–water partition coefficient (Wildman–Crippen LogP) is 2.25. The highest BCUT2D eigenvalue weighted by atomic mass is 16.5.